The Morgan fingerprint density at radius 3 is 2.25 bits per heavy atom. The third-order valence-corrected chi connectivity index (χ3v) is 6.65. The fourth-order valence-electron chi connectivity index (χ4n) is 4.07. The minimum atomic E-state index is -4.70. The van der Waals surface area contributed by atoms with Crippen LogP contribution < -0.4 is 26.2 Å². The Bertz CT molecular complexity index is 674. The van der Waals surface area contributed by atoms with Gasteiger partial charge in [-0.2, -0.15) is 18.0 Å². The van der Waals surface area contributed by atoms with Gasteiger partial charge in [-0.15, -0.1) is 13.2 Å². The van der Waals surface area contributed by atoms with Crippen LogP contribution in [-0.4, -0.2) is 61.0 Å². The number of carbonyl (C=O) groups excluding carboxylic acids is 2. The van der Waals surface area contributed by atoms with Gasteiger partial charge in [0, 0.05) is 19.1 Å². The summed E-state index contributed by atoms with van der Waals surface area (Å²) >= 11 is 1.00. The van der Waals surface area contributed by atoms with Gasteiger partial charge in [-0.25, -0.2) is 5.43 Å². The zero-order valence-electron chi connectivity index (χ0n) is 16.8. The molecule has 0 radical (unpaired) electrons. The van der Waals surface area contributed by atoms with E-state index >= 15 is 0 Å². The summed E-state index contributed by atoms with van der Waals surface area (Å²) < 4.78 is 79.8. The summed E-state index contributed by atoms with van der Waals surface area (Å²) in [4.78, 5) is 27.8. The van der Waals surface area contributed by atoms with Crippen molar-refractivity contribution in [2.75, 3.05) is 13.1 Å². The number of carbonyl (C=O) groups is 2. The van der Waals surface area contributed by atoms with E-state index in [1.54, 1.807) is 0 Å². The summed E-state index contributed by atoms with van der Waals surface area (Å²) in [5.74, 6) is -3.56. The molecule has 1 saturated carbocycles. The van der Waals surface area contributed by atoms with Crippen LogP contribution in [0.25, 0.3) is 0 Å². The minimum Gasteiger partial charge on any atom is -0.352 e. The molecule has 4 atom stereocenters. The average Bonchev–Trinajstić information content (AvgIpc) is 3.16. The lowest BCUT2D eigenvalue weighted by molar-refractivity contribution is -0.345. The molecule has 2 aliphatic heterocycles. The molecule has 0 aromatic rings. The molecule has 8 nitrogen and oxygen atoms in total. The third kappa shape index (κ3) is 7.10. The van der Waals surface area contributed by atoms with Gasteiger partial charge in [0.1, 0.15) is 11.4 Å². The van der Waals surface area contributed by atoms with Gasteiger partial charge in [-0.05, 0) is 44.1 Å². The van der Waals surface area contributed by atoms with Gasteiger partial charge in [0.25, 0.3) is 0 Å². The first-order valence-electron chi connectivity index (χ1n) is 10.2. The van der Waals surface area contributed by atoms with E-state index in [-0.39, 0.29) is 38.4 Å². The molecule has 2 amide bonds. The van der Waals surface area contributed by atoms with E-state index < -0.39 is 53.7 Å². The summed E-state index contributed by atoms with van der Waals surface area (Å²) in [7, 11) is 0. The Kier molecular flexibility index (Phi) is 8.17. The highest BCUT2D eigenvalue weighted by molar-refractivity contribution is 7.98. The van der Waals surface area contributed by atoms with Gasteiger partial charge in [-0.1, -0.05) is 0 Å². The quantitative estimate of drug-likeness (QED) is 0.291. The SMILES string of the molecule is O=C(NC1SNNC1C(=O)NC1CCC(OC(F)(F)F)CC1)C1CNCC(C(F)(F)F)C1. The number of halogens is 6. The second kappa shape index (κ2) is 10.3. The Balaban J connectivity index is 1.47. The highest BCUT2D eigenvalue weighted by Crippen LogP contribution is 2.33. The number of hydrogen-bond acceptors (Lipinski definition) is 7. The first-order chi connectivity index (χ1) is 14.9. The summed E-state index contributed by atoms with van der Waals surface area (Å²) in [6.45, 7) is -0.132. The van der Waals surface area contributed by atoms with E-state index in [1.807, 2.05) is 0 Å². The molecule has 3 aliphatic rings. The maximum atomic E-state index is 13.0. The van der Waals surface area contributed by atoms with Crippen LogP contribution >= 0.6 is 11.9 Å². The van der Waals surface area contributed by atoms with Crippen LogP contribution in [0.5, 0.6) is 0 Å². The molecule has 2 heterocycles. The fourth-order valence-corrected chi connectivity index (χ4v) is 4.90. The number of piperidine rings is 1. The van der Waals surface area contributed by atoms with Crippen LogP contribution in [0, 0.1) is 11.8 Å². The lowest BCUT2D eigenvalue weighted by atomic mass is 9.89. The van der Waals surface area contributed by atoms with Gasteiger partial charge >= 0.3 is 12.5 Å². The molecule has 184 valence electrons. The van der Waals surface area contributed by atoms with Crippen molar-refractivity contribution in [3.63, 3.8) is 0 Å². The van der Waals surface area contributed by atoms with E-state index in [2.05, 4.69) is 30.9 Å². The molecule has 0 spiro atoms. The van der Waals surface area contributed by atoms with Crippen molar-refractivity contribution >= 4 is 23.8 Å². The standard InChI is InChI=1S/C17H25F6N5O3S/c18-16(19,20)9-5-8(6-24-7-9)13(29)26-15-12(27-28-32-15)14(30)25-10-1-3-11(4-2-10)31-17(21,22)23/h8-12,15,24,27-28H,1-7H2,(H,25,30)(H,26,29). The van der Waals surface area contributed by atoms with Crippen molar-refractivity contribution in [1.82, 2.24) is 26.2 Å². The number of rotatable bonds is 5. The number of hydrogen-bond donors (Lipinski definition) is 5. The lowest BCUT2D eigenvalue weighted by Crippen LogP contribution is -2.56. The zero-order valence-corrected chi connectivity index (χ0v) is 17.6. The van der Waals surface area contributed by atoms with E-state index in [4.69, 9.17) is 0 Å². The molecule has 2 saturated heterocycles. The molecule has 1 aliphatic carbocycles. The topological polar surface area (TPSA) is 104 Å². The molecular weight excluding hydrogens is 468 g/mol. The molecule has 3 rings (SSSR count). The van der Waals surface area contributed by atoms with E-state index in [0.29, 0.717) is 12.8 Å². The number of nitrogens with one attached hydrogen (secondary N) is 5. The summed E-state index contributed by atoms with van der Waals surface area (Å²) in [6, 6.07) is -1.24. The van der Waals surface area contributed by atoms with Gasteiger partial charge in [-0.3, -0.25) is 14.3 Å². The average molecular weight is 493 g/mol. The highest BCUT2D eigenvalue weighted by Gasteiger charge is 2.45. The van der Waals surface area contributed by atoms with Crippen LogP contribution in [0.4, 0.5) is 26.3 Å². The predicted molar refractivity (Wildman–Crippen MR) is 101 cm³/mol. The summed E-state index contributed by atoms with van der Waals surface area (Å²) in [5, 5.41) is 7.22. The van der Waals surface area contributed by atoms with Crippen LogP contribution in [0.15, 0.2) is 0 Å². The molecule has 0 bridgehead atoms. The minimum absolute atomic E-state index is 0.108. The molecule has 15 heteroatoms. The van der Waals surface area contributed by atoms with E-state index in [1.165, 1.54) is 0 Å². The Morgan fingerprint density at radius 1 is 0.938 bits per heavy atom. The molecule has 5 N–H and O–H groups in total. The molecular formula is C17H25F6N5O3S. The molecule has 0 aromatic carbocycles. The number of alkyl halides is 6. The maximum Gasteiger partial charge on any atom is 0.522 e. The largest absolute Gasteiger partial charge is 0.522 e. The van der Waals surface area contributed by atoms with Gasteiger partial charge in [0.05, 0.1) is 17.9 Å². The normalized spacial score (nSPS) is 34.2. The van der Waals surface area contributed by atoms with Crippen LogP contribution in [0.3, 0.4) is 0 Å². The molecule has 0 aromatic heterocycles. The lowest BCUT2D eigenvalue weighted by Gasteiger charge is -2.32. The van der Waals surface area contributed by atoms with Crippen molar-refractivity contribution < 1.29 is 40.7 Å². The molecule has 32 heavy (non-hydrogen) atoms. The number of ether oxygens (including phenoxy) is 1. The first-order valence-corrected chi connectivity index (χ1v) is 11.1. The van der Waals surface area contributed by atoms with Gasteiger partial charge < -0.3 is 16.0 Å². The first kappa shape index (κ1) is 25.3. The number of hydrazine groups is 1. The predicted octanol–water partition coefficient (Wildman–Crippen LogP) is 1.31. The second-order valence-electron chi connectivity index (χ2n) is 8.15. The Morgan fingerprint density at radius 2 is 1.62 bits per heavy atom. The van der Waals surface area contributed by atoms with E-state index in [9.17, 15) is 35.9 Å². The fraction of sp³-hybridized carbons (Fsp3) is 0.882. The smallest absolute Gasteiger partial charge is 0.352 e. The highest BCUT2D eigenvalue weighted by atomic mass is 32.2. The van der Waals surface area contributed by atoms with Gasteiger partial charge in [0.15, 0.2) is 0 Å². The zero-order chi connectivity index (χ0) is 23.5. The van der Waals surface area contributed by atoms with Crippen molar-refractivity contribution in [2.45, 2.75) is 68.2 Å². The third-order valence-electron chi connectivity index (χ3n) is 5.78. The van der Waals surface area contributed by atoms with Crippen molar-refractivity contribution in [1.29, 1.82) is 0 Å². The monoisotopic (exact) mass is 493 g/mol. The van der Waals surface area contributed by atoms with Crippen LogP contribution in [0.1, 0.15) is 32.1 Å². The second-order valence-corrected chi connectivity index (χ2v) is 9.09. The van der Waals surface area contributed by atoms with E-state index in [0.717, 1.165) is 11.9 Å². The molecule has 4 unspecified atom stereocenters. The van der Waals surface area contributed by atoms with Crippen molar-refractivity contribution in [3.8, 4) is 0 Å². The Hall–Kier alpha value is -1.29. The maximum absolute atomic E-state index is 13.0. The Labute approximate surface area is 184 Å². The number of amides is 2. The van der Waals surface area contributed by atoms with Crippen molar-refractivity contribution in [3.05, 3.63) is 0 Å². The molecule has 3 fully saturated rings. The summed E-state index contributed by atoms with van der Waals surface area (Å²) in [6.07, 6.45) is -9.47. The van der Waals surface area contributed by atoms with Crippen molar-refractivity contribution in [2.24, 2.45) is 11.8 Å². The van der Waals surface area contributed by atoms with Crippen LogP contribution in [-0.2, 0) is 14.3 Å². The van der Waals surface area contributed by atoms with Crippen LogP contribution in [0.2, 0.25) is 0 Å². The van der Waals surface area contributed by atoms with Gasteiger partial charge in [0.2, 0.25) is 11.8 Å². The summed E-state index contributed by atoms with van der Waals surface area (Å²) in [5.41, 5.74) is 2.69.